The highest BCUT2D eigenvalue weighted by Gasteiger charge is 2.19. The Morgan fingerprint density at radius 2 is 1.92 bits per heavy atom. The first-order valence-corrected chi connectivity index (χ1v) is 9.47. The molecule has 0 saturated carbocycles. The maximum atomic E-state index is 11.7. The van der Waals surface area contributed by atoms with Crippen molar-refractivity contribution in [3.63, 3.8) is 0 Å². The molecule has 0 amide bonds. The zero-order valence-electron chi connectivity index (χ0n) is 14.1. The third-order valence-corrected chi connectivity index (χ3v) is 4.93. The minimum Gasteiger partial charge on any atom is -0.756 e. The fourth-order valence-electron chi connectivity index (χ4n) is 2.72. The first kappa shape index (κ1) is 18.1. The number of rotatable bonds is 6. The van der Waals surface area contributed by atoms with E-state index in [2.05, 4.69) is 0 Å². The van der Waals surface area contributed by atoms with Gasteiger partial charge in [0.2, 0.25) is 0 Å². The van der Waals surface area contributed by atoms with E-state index in [1.807, 2.05) is 24.3 Å². The van der Waals surface area contributed by atoms with Gasteiger partial charge in [0.05, 0.1) is 19.3 Å². The van der Waals surface area contributed by atoms with E-state index in [-0.39, 0.29) is 13.2 Å². The summed E-state index contributed by atoms with van der Waals surface area (Å²) in [5.74, 6) is 0.677. The summed E-state index contributed by atoms with van der Waals surface area (Å²) in [5, 5.41) is 9.24. The molecule has 0 fully saturated rings. The second-order valence-electron chi connectivity index (χ2n) is 6.14. The molecule has 1 N–H and O–H groups in total. The summed E-state index contributed by atoms with van der Waals surface area (Å²) in [6.45, 7) is 3.53. The van der Waals surface area contributed by atoms with Crippen LogP contribution < -0.4 is 9.63 Å². The van der Waals surface area contributed by atoms with Gasteiger partial charge in [-0.05, 0) is 48.2 Å². The van der Waals surface area contributed by atoms with Crippen molar-refractivity contribution in [1.82, 2.24) is 0 Å². The van der Waals surface area contributed by atoms with Crippen LogP contribution in [0.15, 0.2) is 36.4 Å². The second-order valence-corrected chi connectivity index (χ2v) is 7.51. The number of phosphoric acid groups is 1. The van der Waals surface area contributed by atoms with Crippen molar-refractivity contribution in [2.45, 2.75) is 39.8 Å². The van der Waals surface area contributed by atoms with Crippen molar-refractivity contribution in [3.05, 3.63) is 53.1 Å². The molecule has 0 aromatic heterocycles. The Morgan fingerprint density at radius 1 is 1.20 bits per heavy atom. The lowest BCUT2D eigenvalue weighted by atomic mass is 9.94. The smallest absolute Gasteiger partial charge is 0.268 e. The van der Waals surface area contributed by atoms with Gasteiger partial charge in [-0.3, -0.25) is 4.57 Å². The van der Waals surface area contributed by atoms with E-state index in [9.17, 15) is 14.6 Å². The SMILES string of the molecule is CC(C)OP(=O)([O-])OCc1ccc2c(c1)OCc1cc(CO)ccc1-2. The van der Waals surface area contributed by atoms with Gasteiger partial charge in [0.25, 0.3) is 7.82 Å². The number of ether oxygens (including phenoxy) is 1. The molecule has 1 atom stereocenters. The Morgan fingerprint density at radius 3 is 2.64 bits per heavy atom. The zero-order valence-corrected chi connectivity index (χ0v) is 15.0. The summed E-state index contributed by atoms with van der Waals surface area (Å²) in [7, 11) is -4.32. The summed E-state index contributed by atoms with van der Waals surface area (Å²) < 4.78 is 27.1. The zero-order chi connectivity index (χ0) is 18.0. The topological polar surface area (TPSA) is 88.1 Å². The Hall–Kier alpha value is -1.69. The number of fused-ring (bicyclic) bond motifs is 3. The summed E-state index contributed by atoms with van der Waals surface area (Å²) in [5.41, 5.74) is 4.50. The highest BCUT2D eigenvalue weighted by atomic mass is 31.2. The van der Waals surface area contributed by atoms with Crippen molar-refractivity contribution in [2.24, 2.45) is 0 Å². The molecule has 1 heterocycles. The van der Waals surface area contributed by atoms with Crippen LogP contribution in [-0.2, 0) is 33.4 Å². The number of hydrogen-bond donors (Lipinski definition) is 1. The molecule has 1 unspecified atom stereocenters. The molecule has 0 aliphatic carbocycles. The van der Waals surface area contributed by atoms with Gasteiger partial charge in [-0.15, -0.1) is 0 Å². The number of aliphatic hydroxyl groups is 1. The molecule has 0 bridgehead atoms. The third kappa shape index (κ3) is 4.29. The molecule has 1 aliphatic rings. The van der Waals surface area contributed by atoms with Gasteiger partial charge in [-0.2, -0.15) is 0 Å². The quantitative estimate of drug-likeness (QED) is 0.793. The van der Waals surface area contributed by atoms with Gasteiger partial charge in [0.1, 0.15) is 12.4 Å². The number of phosphoric ester groups is 1. The molecular formula is C18H20O6P-. The van der Waals surface area contributed by atoms with E-state index in [0.717, 1.165) is 22.3 Å². The molecule has 6 nitrogen and oxygen atoms in total. The second kappa shape index (κ2) is 7.28. The van der Waals surface area contributed by atoms with Crippen LogP contribution >= 0.6 is 7.82 Å². The van der Waals surface area contributed by atoms with Crippen LogP contribution in [0.2, 0.25) is 0 Å². The first-order valence-electron chi connectivity index (χ1n) is 8.01. The maximum absolute atomic E-state index is 11.7. The van der Waals surface area contributed by atoms with Crippen molar-refractivity contribution >= 4 is 7.82 Å². The minimum absolute atomic E-state index is 0.00981. The average molecular weight is 363 g/mol. The average Bonchev–Trinajstić information content (AvgIpc) is 2.58. The van der Waals surface area contributed by atoms with Crippen LogP contribution in [0.25, 0.3) is 11.1 Å². The van der Waals surface area contributed by atoms with E-state index < -0.39 is 13.9 Å². The summed E-state index contributed by atoms with van der Waals surface area (Å²) in [6, 6.07) is 11.2. The van der Waals surface area contributed by atoms with Gasteiger partial charge in [0.15, 0.2) is 0 Å². The van der Waals surface area contributed by atoms with Crippen LogP contribution in [0.4, 0.5) is 0 Å². The van der Waals surface area contributed by atoms with Crippen molar-refractivity contribution in [3.8, 4) is 16.9 Å². The fraction of sp³-hybridized carbons (Fsp3) is 0.333. The van der Waals surface area contributed by atoms with Gasteiger partial charge < -0.3 is 23.8 Å². The predicted octanol–water partition coefficient (Wildman–Crippen LogP) is 3.15. The van der Waals surface area contributed by atoms with Crippen molar-refractivity contribution in [2.75, 3.05) is 0 Å². The first-order chi connectivity index (χ1) is 11.9. The molecule has 0 radical (unpaired) electrons. The summed E-state index contributed by atoms with van der Waals surface area (Å²) >= 11 is 0. The standard InChI is InChI=1S/C18H21O6P/c1-12(2)24-25(20,21)23-10-14-4-6-17-16-5-3-13(9-19)7-15(16)11-22-18(17)8-14/h3-8,12,19H,9-11H2,1-2H3,(H,20,21)/p-1. The Balaban J connectivity index is 1.78. The highest BCUT2D eigenvalue weighted by Crippen LogP contribution is 2.42. The Bertz CT molecular complexity index is 817. The molecule has 3 rings (SSSR count). The van der Waals surface area contributed by atoms with E-state index >= 15 is 0 Å². The molecule has 2 aromatic carbocycles. The molecule has 134 valence electrons. The summed E-state index contributed by atoms with van der Waals surface area (Å²) in [6.07, 6.45) is -0.462. The van der Waals surface area contributed by atoms with Gasteiger partial charge >= 0.3 is 0 Å². The lowest BCUT2D eigenvalue weighted by molar-refractivity contribution is -0.229. The number of benzene rings is 2. The lowest BCUT2D eigenvalue weighted by Gasteiger charge is -2.25. The fourth-order valence-corrected chi connectivity index (χ4v) is 3.61. The van der Waals surface area contributed by atoms with E-state index in [1.54, 1.807) is 26.0 Å². The van der Waals surface area contributed by atoms with E-state index in [0.29, 0.717) is 17.9 Å². The molecule has 0 spiro atoms. The van der Waals surface area contributed by atoms with E-state index in [4.69, 9.17) is 13.8 Å². The van der Waals surface area contributed by atoms with Crippen LogP contribution in [-0.4, -0.2) is 11.2 Å². The monoisotopic (exact) mass is 363 g/mol. The van der Waals surface area contributed by atoms with E-state index in [1.165, 1.54) is 0 Å². The van der Waals surface area contributed by atoms with Gasteiger partial charge in [-0.25, -0.2) is 0 Å². The third-order valence-electron chi connectivity index (χ3n) is 3.80. The van der Waals surface area contributed by atoms with Crippen molar-refractivity contribution in [1.29, 1.82) is 0 Å². The Kier molecular flexibility index (Phi) is 5.27. The van der Waals surface area contributed by atoms with Crippen LogP contribution in [0.5, 0.6) is 5.75 Å². The summed E-state index contributed by atoms with van der Waals surface area (Å²) in [4.78, 5) is 11.7. The van der Waals surface area contributed by atoms with Gasteiger partial charge in [-0.1, -0.05) is 24.3 Å². The van der Waals surface area contributed by atoms with Crippen molar-refractivity contribution < 1.29 is 28.3 Å². The molecular weight excluding hydrogens is 343 g/mol. The molecule has 1 aliphatic heterocycles. The normalized spacial score (nSPS) is 15.2. The van der Waals surface area contributed by atoms with Gasteiger partial charge in [0, 0.05) is 5.56 Å². The molecule has 25 heavy (non-hydrogen) atoms. The predicted molar refractivity (Wildman–Crippen MR) is 90.7 cm³/mol. The van der Waals surface area contributed by atoms with Crippen LogP contribution in [0.3, 0.4) is 0 Å². The molecule has 2 aromatic rings. The van der Waals surface area contributed by atoms with Crippen LogP contribution in [0.1, 0.15) is 30.5 Å². The molecule has 7 heteroatoms. The number of hydrogen-bond acceptors (Lipinski definition) is 6. The molecule has 0 saturated heterocycles. The minimum atomic E-state index is -4.32. The van der Waals surface area contributed by atoms with Crippen LogP contribution in [0, 0.1) is 0 Å². The Labute approximate surface area is 146 Å². The lowest BCUT2D eigenvalue weighted by Crippen LogP contribution is -2.12. The largest absolute Gasteiger partial charge is 0.756 e. The highest BCUT2D eigenvalue weighted by molar-refractivity contribution is 7.45. The number of aliphatic hydroxyl groups excluding tert-OH is 1. The maximum Gasteiger partial charge on any atom is 0.268 e.